The summed E-state index contributed by atoms with van der Waals surface area (Å²) >= 11 is 0. The number of fused-ring (bicyclic) bond motifs is 2. The van der Waals surface area contributed by atoms with Crippen LogP contribution in [-0.4, -0.2) is 58.3 Å². The number of aldehydes is 1. The molecule has 0 radical (unpaired) electrons. The number of benzene rings is 2. The van der Waals surface area contributed by atoms with E-state index < -0.39 is 29.6 Å². The van der Waals surface area contributed by atoms with Crippen LogP contribution >= 0.6 is 0 Å². The van der Waals surface area contributed by atoms with E-state index in [2.05, 4.69) is 30.0 Å². The maximum Gasteiger partial charge on any atom is 0.416 e. The highest BCUT2D eigenvalue weighted by Gasteiger charge is 2.30. The number of hydrogen-bond donors (Lipinski definition) is 3. The highest BCUT2D eigenvalue weighted by molar-refractivity contribution is 6.04. The molecule has 49 heavy (non-hydrogen) atoms. The number of carbonyl (C=O) groups excluding carboxylic acids is 4. The minimum absolute atomic E-state index is 0.0537. The summed E-state index contributed by atoms with van der Waals surface area (Å²) < 4.78 is 47.9. The van der Waals surface area contributed by atoms with Gasteiger partial charge in [-0.05, 0) is 65.7 Å². The van der Waals surface area contributed by atoms with E-state index in [4.69, 9.17) is 4.74 Å². The number of amides is 1. The van der Waals surface area contributed by atoms with Gasteiger partial charge < -0.3 is 24.8 Å². The largest absolute Gasteiger partial charge is 0.464 e. The Morgan fingerprint density at radius 1 is 0.735 bits per heavy atom. The predicted molar refractivity (Wildman–Crippen MR) is 175 cm³/mol. The zero-order valence-electron chi connectivity index (χ0n) is 25.8. The average Bonchev–Trinajstić information content (AvgIpc) is 3.74. The van der Waals surface area contributed by atoms with E-state index in [1.165, 1.54) is 32.5 Å². The molecular weight excluding hydrogens is 643 g/mol. The fraction of sp³-hybridized carbons (Fsp3) is 0.0857. The van der Waals surface area contributed by atoms with Crippen molar-refractivity contribution in [3.05, 3.63) is 124 Å². The molecule has 6 rings (SSSR count). The van der Waals surface area contributed by atoms with Crippen molar-refractivity contribution in [3.63, 3.8) is 0 Å². The number of esters is 2. The number of aromatic amines is 2. The number of halogens is 3. The van der Waals surface area contributed by atoms with Crippen molar-refractivity contribution < 1.29 is 41.8 Å². The fourth-order valence-electron chi connectivity index (χ4n) is 4.61. The molecule has 0 saturated carbocycles. The fourth-order valence-corrected chi connectivity index (χ4v) is 4.61. The number of nitrogens with one attached hydrogen (secondary N) is 3. The van der Waals surface area contributed by atoms with E-state index in [0.717, 1.165) is 23.1 Å². The van der Waals surface area contributed by atoms with Crippen molar-refractivity contribution in [3.8, 4) is 0 Å². The lowest BCUT2D eigenvalue weighted by Gasteiger charge is -2.10. The monoisotopic (exact) mass is 669 g/mol. The van der Waals surface area contributed by atoms with E-state index >= 15 is 0 Å². The zero-order chi connectivity index (χ0) is 35.1. The first kappa shape index (κ1) is 33.8. The van der Waals surface area contributed by atoms with Gasteiger partial charge in [0.05, 0.1) is 19.8 Å². The summed E-state index contributed by atoms with van der Waals surface area (Å²) in [6.45, 7) is 0. The van der Waals surface area contributed by atoms with Crippen LogP contribution in [0.1, 0.15) is 58.4 Å². The smallest absolute Gasteiger partial charge is 0.416 e. The van der Waals surface area contributed by atoms with Crippen molar-refractivity contribution in [2.24, 2.45) is 0 Å². The van der Waals surface area contributed by atoms with Gasteiger partial charge in [0, 0.05) is 40.0 Å². The number of rotatable bonds is 7. The van der Waals surface area contributed by atoms with Crippen LogP contribution in [0.4, 0.5) is 18.9 Å². The highest BCUT2D eigenvalue weighted by Crippen LogP contribution is 2.31. The number of methoxy groups -OCH3 is 2. The number of H-pyrrole nitrogens is 2. The first-order valence-electron chi connectivity index (χ1n) is 14.3. The molecule has 14 heteroatoms. The van der Waals surface area contributed by atoms with Gasteiger partial charge in [-0.25, -0.2) is 19.6 Å². The Morgan fingerprint density at radius 2 is 1.31 bits per heavy atom. The molecule has 4 aromatic heterocycles. The lowest BCUT2D eigenvalue weighted by Crippen LogP contribution is -2.13. The summed E-state index contributed by atoms with van der Waals surface area (Å²) in [4.78, 5) is 59.9. The Labute approximate surface area is 275 Å². The number of hydrogen-bond acceptors (Lipinski definition) is 8. The van der Waals surface area contributed by atoms with Gasteiger partial charge in [0.2, 0.25) is 0 Å². The minimum atomic E-state index is -4.50. The molecule has 0 spiro atoms. The topological polar surface area (TPSA) is 156 Å². The van der Waals surface area contributed by atoms with E-state index in [1.54, 1.807) is 60.8 Å². The number of pyridine rings is 2. The molecule has 1 amide bonds. The van der Waals surface area contributed by atoms with E-state index in [0.29, 0.717) is 51.0 Å². The number of aromatic nitrogens is 4. The van der Waals surface area contributed by atoms with Crippen LogP contribution in [-0.2, 0) is 15.7 Å². The summed E-state index contributed by atoms with van der Waals surface area (Å²) in [6.07, 6.45) is 2.84. The third-order valence-electron chi connectivity index (χ3n) is 6.99. The van der Waals surface area contributed by atoms with Crippen LogP contribution in [0.2, 0.25) is 0 Å². The number of carbonyl (C=O) groups is 4. The molecule has 3 N–H and O–H groups in total. The van der Waals surface area contributed by atoms with Crippen molar-refractivity contribution in [2.45, 2.75) is 6.18 Å². The predicted octanol–water partition coefficient (Wildman–Crippen LogP) is 6.95. The van der Waals surface area contributed by atoms with Crippen LogP contribution in [0, 0.1) is 0 Å². The second-order valence-electron chi connectivity index (χ2n) is 10.4. The van der Waals surface area contributed by atoms with Crippen LogP contribution in [0.25, 0.3) is 34.2 Å². The molecule has 2 aromatic carbocycles. The van der Waals surface area contributed by atoms with Gasteiger partial charge in [-0.1, -0.05) is 30.4 Å². The summed E-state index contributed by atoms with van der Waals surface area (Å²) in [5, 5.41) is 3.94. The van der Waals surface area contributed by atoms with Gasteiger partial charge >= 0.3 is 18.1 Å². The third kappa shape index (κ3) is 8.24. The minimum Gasteiger partial charge on any atom is -0.464 e. The Kier molecular flexibility index (Phi) is 9.97. The molecule has 6 aromatic rings. The number of anilines is 1. The average molecular weight is 670 g/mol. The lowest BCUT2D eigenvalue weighted by atomic mass is 10.1. The Balaban J connectivity index is 0.000000259. The standard InChI is InChI=1S/C25H18F3N3O3.C10H8N2O3/c1-34-24(33)21-12-18-11-16(14-29-22(18)31-21)9-8-15-4-2-5-17(10-15)23(32)30-20-7-3-6-19(13-20)25(26,27)28;1-15-10(14)8-3-7-2-6(5-13)4-11-9(7)12-8/h2-14H,1H3,(H,29,31)(H,30,32);2-5H,1H3,(H,11,12). The molecule has 0 bridgehead atoms. The molecule has 0 aliphatic heterocycles. The molecule has 248 valence electrons. The van der Waals surface area contributed by atoms with Gasteiger partial charge in [0.1, 0.15) is 22.7 Å². The van der Waals surface area contributed by atoms with Crippen LogP contribution in [0.3, 0.4) is 0 Å². The van der Waals surface area contributed by atoms with Gasteiger partial charge in [-0.15, -0.1) is 0 Å². The Bertz CT molecular complexity index is 2220. The van der Waals surface area contributed by atoms with Gasteiger partial charge in [0.15, 0.2) is 6.29 Å². The maximum atomic E-state index is 12.9. The quantitative estimate of drug-likeness (QED) is 0.122. The summed E-state index contributed by atoms with van der Waals surface area (Å²) in [7, 11) is 2.60. The van der Waals surface area contributed by atoms with E-state index in [-0.39, 0.29) is 5.69 Å². The van der Waals surface area contributed by atoms with Crippen molar-refractivity contribution in [2.75, 3.05) is 19.5 Å². The number of nitrogens with zero attached hydrogens (tertiary/aromatic N) is 2. The number of alkyl halides is 3. The lowest BCUT2D eigenvalue weighted by molar-refractivity contribution is -0.137. The molecule has 4 heterocycles. The highest BCUT2D eigenvalue weighted by atomic mass is 19.4. The summed E-state index contributed by atoms with van der Waals surface area (Å²) in [5.74, 6) is -1.48. The molecule has 0 atom stereocenters. The van der Waals surface area contributed by atoms with Gasteiger partial charge in [0.25, 0.3) is 5.91 Å². The Hall–Kier alpha value is -6.57. The van der Waals surface area contributed by atoms with Crippen LogP contribution in [0.5, 0.6) is 0 Å². The number of ether oxygens (including phenoxy) is 2. The first-order valence-corrected chi connectivity index (χ1v) is 14.3. The molecule has 11 nitrogen and oxygen atoms in total. The van der Waals surface area contributed by atoms with Gasteiger partial charge in [-0.3, -0.25) is 9.59 Å². The molecule has 0 unspecified atom stereocenters. The molecule has 0 aliphatic rings. The maximum absolute atomic E-state index is 12.9. The second kappa shape index (κ2) is 14.5. The van der Waals surface area contributed by atoms with Crippen LogP contribution < -0.4 is 5.32 Å². The molecule has 0 saturated heterocycles. The van der Waals surface area contributed by atoms with Crippen molar-refractivity contribution in [1.82, 2.24) is 19.9 Å². The second-order valence-corrected chi connectivity index (χ2v) is 10.4. The third-order valence-corrected chi connectivity index (χ3v) is 6.99. The molecule has 0 fully saturated rings. The van der Waals surface area contributed by atoms with Crippen molar-refractivity contribution >= 4 is 64.0 Å². The van der Waals surface area contributed by atoms with Crippen LogP contribution in [0.15, 0.2) is 85.2 Å². The van der Waals surface area contributed by atoms with Gasteiger partial charge in [-0.2, -0.15) is 13.2 Å². The summed E-state index contributed by atoms with van der Waals surface area (Å²) in [5.41, 5.74) is 3.18. The van der Waals surface area contributed by atoms with E-state index in [1.807, 2.05) is 6.07 Å². The Morgan fingerprint density at radius 3 is 1.90 bits per heavy atom. The van der Waals surface area contributed by atoms with E-state index in [9.17, 15) is 32.3 Å². The SMILES string of the molecule is COC(=O)c1cc2cc(C=Cc3cccc(C(=O)Nc4cccc(C(F)(F)F)c4)c3)cnc2[nH]1.COC(=O)c1cc2cc(C=O)cnc2[nH]1. The summed E-state index contributed by atoms with van der Waals surface area (Å²) in [6, 6.07) is 17.9. The normalized spacial score (nSPS) is 11.2. The first-order chi connectivity index (χ1) is 23.5. The molecular formula is C35H26F3N5O6. The zero-order valence-corrected chi connectivity index (χ0v) is 25.8. The van der Waals surface area contributed by atoms with Crippen molar-refractivity contribution in [1.29, 1.82) is 0 Å². The molecule has 0 aliphatic carbocycles.